The van der Waals surface area contributed by atoms with Crippen LogP contribution in [-0.2, 0) is 23.1 Å². The number of carbonyl (C=O) groups is 2. The van der Waals surface area contributed by atoms with Gasteiger partial charge in [0.25, 0.3) is 11.8 Å². The number of hydrogen-bond donors (Lipinski definition) is 0. The molecule has 0 unspecified atom stereocenters. The summed E-state index contributed by atoms with van der Waals surface area (Å²) in [5, 5.41) is 0. The third-order valence-corrected chi connectivity index (χ3v) is 6.53. The Balaban J connectivity index is 1.95. The zero-order chi connectivity index (χ0) is 18.6. The van der Waals surface area contributed by atoms with Crippen molar-refractivity contribution in [3.63, 3.8) is 0 Å². The molecule has 2 heterocycles. The van der Waals surface area contributed by atoms with E-state index in [1.54, 1.807) is 24.3 Å². The van der Waals surface area contributed by atoms with E-state index >= 15 is 0 Å². The van der Waals surface area contributed by atoms with Crippen molar-refractivity contribution in [1.29, 1.82) is 0 Å². The van der Waals surface area contributed by atoms with Crippen molar-refractivity contribution in [2.24, 2.45) is 0 Å². The Morgan fingerprint density at radius 2 is 1.58 bits per heavy atom. The second-order valence-electron chi connectivity index (χ2n) is 6.56. The first-order valence-corrected chi connectivity index (χ1v) is 9.75. The zero-order valence-corrected chi connectivity index (χ0v) is 15.3. The predicted octanol–water partition coefficient (Wildman–Crippen LogP) is 1.22. The molecule has 4 rings (SSSR count). The van der Waals surface area contributed by atoms with E-state index in [0.717, 1.165) is 26.0 Å². The maximum absolute atomic E-state index is 12.9. The normalized spacial score (nSPS) is 17.0. The number of anilines is 1. The minimum atomic E-state index is -3.94. The van der Waals surface area contributed by atoms with Crippen LogP contribution in [0.3, 0.4) is 0 Å². The summed E-state index contributed by atoms with van der Waals surface area (Å²) in [7, 11) is -1.11. The molecule has 0 saturated heterocycles. The minimum absolute atomic E-state index is 0.142. The molecule has 0 radical (unpaired) electrons. The van der Waals surface area contributed by atoms with Gasteiger partial charge in [-0.1, -0.05) is 12.1 Å². The van der Waals surface area contributed by atoms with Gasteiger partial charge in [-0.05, 0) is 37.8 Å². The van der Waals surface area contributed by atoms with Gasteiger partial charge in [0.2, 0.25) is 5.95 Å². The SMILES string of the molecule is CN(C)S(=O)(=O)n1c(N2C(=O)c3ccccc3C2=O)nc2c1CCCC2. The Hall–Kier alpha value is -2.52. The van der Waals surface area contributed by atoms with Gasteiger partial charge in [-0.2, -0.15) is 16.7 Å². The van der Waals surface area contributed by atoms with E-state index < -0.39 is 22.0 Å². The van der Waals surface area contributed by atoms with E-state index in [0.29, 0.717) is 24.2 Å². The molecular formula is C17H18N4O4S. The van der Waals surface area contributed by atoms with Gasteiger partial charge < -0.3 is 0 Å². The summed E-state index contributed by atoms with van der Waals surface area (Å²) in [5.41, 5.74) is 1.70. The Labute approximate surface area is 151 Å². The van der Waals surface area contributed by atoms with E-state index in [1.807, 2.05) is 0 Å². The van der Waals surface area contributed by atoms with Crippen LogP contribution >= 0.6 is 0 Å². The number of amides is 2. The number of aryl methyl sites for hydroxylation is 1. The molecule has 0 N–H and O–H groups in total. The number of nitrogens with zero attached hydrogens (tertiary/aromatic N) is 4. The Morgan fingerprint density at radius 3 is 2.15 bits per heavy atom. The van der Waals surface area contributed by atoms with Crippen molar-refractivity contribution in [3.8, 4) is 0 Å². The highest BCUT2D eigenvalue weighted by atomic mass is 32.2. The van der Waals surface area contributed by atoms with Gasteiger partial charge in [-0.25, -0.2) is 9.88 Å². The van der Waals surface area contributed by atoms with Crippen molar-refractivity contribution in [2.45, 2.75) is 25.7 Å². The smallest absolute Gasteiger partial charge is 0.268 e. The van der Waals surface area contributed by atoms with Crippen LogP contribution in [0.15, 0.2) is 24.3 Å². The first-order valence-electron chi connectivity index (χ1n) is 8.35. The van der Waals surface area contributed by atoms with Crippen molar-refractivity contribution in [3.05, 3.63) is 46.8 Å². The maximum atomic E-state index is 12.9. The van der Waals surface area contributed by atoms with Gasteiger partial charge >= 0.3 is 10.2 Å². The first kappa shape index (κ1) is 16.9. The van der Waals surface area contributed by atoms with Crippen LogP contribution in [0, 0.1) is 0 Å². The van der Waals surface area contributed by atoms with E-state index in [4.69, 9.17) is 0 Å². The topological polar surface area (TPSA) is 92.6 Å². The summed E-state index contributed by atoms with van der Waals surface area (Å²) in [5.74, 6) is -1.25. The number of fused-ring (bicyclic) bond motifs is 2. The summed E-state index contributed by atoms with van der Waals surface area (Å²) >= 11 is 0. The largest absolute Gasteiger partial charge is 0.310 e. The average molecular weight is 374 g/mol. The van der Waals surface area contributed by atoms with Crippen molar-refractivity contribution < 1.29 is 18.0 Å². The molecule has 9 heteroatoms. The average Bonchev–Trinajstić information content (AvgIpc) is 3.11. The summed E-state index contributed by atoms with van der Waals surface area (Å²) < 4.78 is 28.0. The maximum Gasteiger partial charge on any atom is 0.310 e. The lowest BCUT2D eigenvalue weighted by atomic mass is 10.0. The van der Waals surface area contributed by atoms with Crippen LogP contribution in [0.4, 0.5) is 5.95 Å². The molecule has 0 saturated carbocycles. The Kier molecular flexibility index (Phi) is 3.74. The second kappa shape index (κ2) is 5.75. The Morgan fingerprint density at radius 1 is 1.00 bits per heavy atom. The fraction of sp³-hybridized carbons (Fsp3) is 0.353. The van der Waals surface area contributed by atoms with Gasteiger partial charge in [0.15, 0.2) is 0 Å². The van der Waals surface area contributed by atoms with Gasteiger partial charge in [0.05, 0.1) is 22.5 Å². The van der Waals surface area contributed by atoms with Gasteiger partial charge in [-0.15, -0.1) is 0 Å². The molecule has 2 amide bonds. The minimum Gasteiger partial charge on any atom is -0.268 e. The number of benzene rings is 1. The molecule has 2 aliphatic rings. The number of aromatic nitrogens is 2. The lowest BCUT2D eigenvalue weighted by Gasteiger charge is -2.21. The molecular weight excluding hydrogens is 356 g/mol. The highest BCUT2D eigenvalue weighted by Gasteiger charge is 2.42. The molecule has 1 aromatic carbocycles. The van der Waals surface area contributed by atoms with E-state index in [9.17, 15) is 18.0 Å². The molecule has 1 aliphatic carbocycles. The predicted molar refractivity (Wildman–Crippen MR) is 94.5 cm³/mol. The monoisotopic (exact) mass is 374 g/mol. The number of imide groups is 1. The highest BCUT2D eigenvalue weighted by molar-refractivity contribution is 7.87. The van der Waals surface area contributed by atoms with Crippen molar-refractivity contribution in [1.82, 2.24) is 13.3 Å². The van der Waals surface area contributed by atoms with Crippen LogP contribution in [0.2, 0.25) is 0 Å². The van der Waals surface area contributed by atoms with Crippen LogP contribution < -0.4 is 4.90 Å². The molecule has 136 valence electrons. The summed E-state index contributed by atoms with van der Waals surface area (Å²) in [6, 6.07) is 6.45. The molecule has 1 aliphatic heterocycles. The molecule has 26 heavy (non-hydrogen) atoms. The van der Waals surface area contributed by atoms with Gasteiger partial charge in [-0.3, -0.25) is 9.59 Å². The molecule has 8 nitrogen and oxygen atoms in total. The van der Waals surface area contributed by atoms with Gasteiger partial charge in [0.1, 0.15) is 0 Å². The molecule has 2 aromatic rings. The van der Waals surface area contributed by atoms with E-state index in [2.05, 4.69) is 4.98 Å². The van der Waals surface area contributed by atoms with Crippen LogP contribution in [0.5, 0.6) is 0 Å². The van der Waals surface area contributed by atoms with Crippen LogP contribution in [0.1, 0.15) is 44.9 Å². The third-order valence-electron chi connectivity index (χ3n) is 4.76. The highest BCUT2D eigenvalue weighted by Crippen LogP contribution is 2.33. The quantitative estimate of drug-likeness (QED) is 0.753. The molecule has 0 fully saturated rings. The lowest BCUT2D eigenvalue weighted by molar-refractivity contribution is 0.0923. The number of imidazole rings is 1. The fourth-order valence-electron chi connectivity index (χ4n) is 3.42. The van der Waals surface area contributed by atoms with E-state index in [1.165, 1.54) is 14.1 Å². The summed E-state index contributed by atoms with van der Waals surface area (Å²) in [6.07, 6.45) is 2.90. The molecule has 0 bridgehead atoms. The number of rotatable bonds is 3. The fourth-order valence-corrected chi connectivity index (χ4v) is 4.55. The van der Waals surface area contributed by atoms with Gasteiger partial charge in [0, 0.05) is 14.1 Å². The molecule has 0 atom stereocenters. The number of carbonyl (C=O) groups excluding carboxylic acids is 2. The summed E-state index contributed by atoms with van der Waals surface area (Å²) in [4.78, 5) is 30.9. The second-order valence-corrected chi connectivity index (χ2v) is 8.55. The number of hydrogen-bond acceptors (Lipinski definition) is 5. The standard InChI is InChI=1S/C17H18N4O4S/c1-19(2)26(24,25)21-14-10-6-5-9-13(14)18-17(21)20-15(22)11-7-3-4-8-12(11)16(20)23/h3-4,7-8H,5-6,9-10H2,1-2H3. The van der Waals surface area contributed by atoms with Crippen LogP contribution in [0.25, 0.3) is 0 Å². The van der Waals surface area contributed by atoms with Crippen molar-refractivity contribution >= 4 is 28.0 Å². The lowest BCUT2D eigenvalue weighted by Crippen LogP contribution is -2.37. The van der Waals surface area contributed by atoms with Crippen LogP contribution in [-0.4, -0.2) is 47.6 Å². The molecule has 1 aromatic heterocycles. The Bertz CT molecular complexity index is 1000. The third kappa shape index (κ3) is 2.24. The van der Waals surface area contributed by atoms with Crippen molar-refractivity contribution in [2.75, 3.05) is 19.0 Å². The summed E-state index contributed by atoms with van der Waals surface area (Å²) in [6.45, 7) is 0. The first-order chi connectivity index (χ1) is 12.3. The zero-order valence-electron chi connectivity index (χ0n) is 14.5. The molecule has 0 spiro atoms. The van der Waals surface area contributed by atoms with E-state index in [-0.39, 0.29) is 17.1 Å².